The SMILES string of the molecule is COc1ccc(F)cc1/C(O)=C1\C(=O)C(=O)N(c2ccccc2)C1c1ccc(OC(C)C)cc1. The molecule has 0 aromatic heterocycles. The number of carbonyl (C=O) groups excluding carboxylic acids is 2. The Labute approximate surface area is 196 Å². The molecule has 1 N–H and O–H groups in total. The van der Waals surface area contributed by atoms with E-state index < -0.39 is 29.3 Å². The van der Waals surface area contributed by atoms with E-state index in [1.54, 1.807) is 54.6 Å². The topological polar surface area (TPSA) is 76.1 Å². The van der Waals surface area contributed by atoms with Gasteiger partial charge in [-0.1, -0.05) is 30.3 Å². The van der Waals surface area contributed by atoms with E-state index in [-0.39, 0.29) is 23.0 Å². The number of Topliss-reactive ketones (excluding diaryl/α,β-unsaturated/α-hetero) is 1. The van der Waals surface area contributed by atoms with Gasteiger partial charge in [-0.15, -0.1) is 0 Å². The number of ether oxygens (including phenoxy) is 2. The van der Waals surface area contributed by atoms with Crippen LogP contribution in [0.3, 0.4) is 0 Å². The van der Waals surface area contributed by atoms with Gasteiger partial charge >= 0.3 is 0 Å². The molecule has 1 unspecified atom stereocenters. The number of amides is 1. The van der Waals surface area contributed by atoms with Crippen molar-refractivity contribution in [2.45, 2.75) is 26.0 Å². The second kappa shape index (κ2) is 9.39. The van der Waals surface area contributed by atoms with Gasteiger partial charge in [-0.2, -0.15) is 0 Å². The summed E-state index contributed by atoms with van der Waals surface area (Å²) in [6.45, 7) is 3.81. The summed E-state index contributed by atoms with van der Waals surface area (Å²) in [5, 5.41) is 11.2. The molecule has 1 saturated heterocycles. The van der Waals surface area contributed by atoms with Crippen LogP contribution in [0.5, 0.6) is 11.5 Å². The van der Waals surface area contributed by atoms with E-state index in [9.17, 15) is 19.1 Å². The molecule has 0 aliphatic carbocycles. The maximum atomic E-state index is 14.0. The average molecular weight is 461 g/mol. The van der Waals surface area contributed by atoms with Crippen molar-refractivity contribution in [3.05, 3.63) is 95.3 Å². The normalized spacial score (nSPS) is 17.3. The Morgan fingerprint density at radius 3 is 2.29 bits per heavy atom. The molecule has 0 radical (unpaired) electrons. The number of rotatable bonds is 6. The number of para-hydroxylation sites is 1. The largest absolute Gasteiger partial charge is 0.507 e. The van der Waals surface area contributed by atoms with Gasteiger partial charge in [0, 0.05) is 5.69 Å². The van der Waals surface area contributed by atoms with Crippen LogP contribution in [0.2, 0.25) is 0 Å². The van der Waals surface area contributed by atoms with Crippen molar-refractivity contribution in [3.63, 3.8) is 0 Å². The second-order valence-electron chi connectivity index (χ2n) is 8.08. The Bertz CT molecular complexity index is 1250. The zero-order valence-corrected chi connectivity index (χ0v) is 19.0. The Morgan fingerprint density at radius 1 is 1.00 bits per heavy atom. The Kier molecular flexibility index (Phi) is 6.36. The molecule has 1 aliphatic rings. The molecular formula is C27H24FNO5. The lowest BCUT2D eigenvalue weighted by Gasteiger charge is -2.25. The van der Waals surface area contributed by atoms with Crippen LogP contribution in [-0.4, -0.2) is 30.0 Å². The highest BCUT2D eigenvalue weighted by atomic mass is 19.1. The lowest BCUT2D eigenvalue weighted by atomic mass is 9.94. The smallest absolute Gasteiger partial charge is 0.300 e. The number of anilines is 1. The molecule has 0 bridgehead atoms. The maximum absolute atomic E-state index is 14.0. The number of methoxy groups -OCH3 is 1. The first-order chi connectivity index (χ1) is 16.3. The highest BCUT2D eigenvalue weighted by Crippen LogP contribution is 2.43. The molecule has 1 aliphatic heterocycles. The minimum Gasteiger partial charge on any atom is -0.507 e. The minimum absolute atomic E-state index is 0.0154. The number of aliphatic hydroxyl groups is 1. The van der Waals surface area contributed by atoms with Gasteiger partial charge in [0.25, 0.3) is 11.7 Å². The zero-order valence-electron chi connectivity index (χ0n) is 19.0. The number of ketones is 1. The number of carbonyl (C=O) groups is 2. The fraction of sp³-hybridized carbons (Fsp3) is 0.185. The van der Waals surface area contributed by atoms with Gasteiger partial charge in [0.05, 0.1) is 30.4 Å². The van der Waals surface area contributed by atoms with E-state index in [4.69, 9.17) is 9.47 Å². The predicted molar refractivity (Wildman–Crippen MR) is 126 cm³/mol. The van der Waals surface area contributed by atoms with Crippen LogP contribution in [0.25, 0.3) is 5.76 Å². The molecule has 1 fully saturated rings. The maximum Gasteiger partial charge on any atom is 0.300 e. The van der Waals surface area contributed by atoms with Crippen LogP contribution in [0.4, 0.5) is 10.1 Å². The summed E-state index contributed by atoms with van der Waals surface area (Å²) >= 11 is 0. The van der Waals surface area contributed by atoms with Gasteiger partial charge in [-0.05, 0) is 61.9 Å². The average Bonchev–Trinajstić information content (AvgIpc) is 3.09. The van der Waals surface area contributed by atoms with Crippen molar-refractivity contribution in [2.24, 2.45) is 0 Å². The summed E-state index contributed by atoms with van der Waals surface area (Å²) < 4.78 is 25.0. The first kappa shape index (κ1) is 23.0. The van der Waals surface area contributed by atoms with Crippen molar-refractivity contribution >= 4 is 23.1 Å². The highest BCUT2D eigenvalue weighted by molar-refractivity contribution is 6.51. The van der Waals surface area contributed by atoms with Gasteiger partial charge in [0.2, 0.25) is 0 Å². The number of nitrogens with zero attached hydrogens (tertiary/aromatic N) is 1. The fourth-order valence-electron chi connectivity index (χ4n) is 4.01. The first-order valence-electron chi connectivity index (χ1n) is 10.8. The van der Waals surface area contributed by atoms with E-state index in [0.717, 1.165) is 6.07 Å². The standard InChI is InChI=1S/C27H24FNO5/c1-16(2)34-20-12-9-17(10-13-20)24-23(25(30)21-15-18(28)11-14-22(21)33-3)26(31)27(32)29(24)19-7-5-4-6-8-19/h4-16,24,30H,1-3H3/b25-23+. The molecule has 0 saturated carbocycles. The number of hydrogen-bond acceptors (Lipinski definition) is 5. The number of hydrogen-bond donors (Lipinski definition) is 1. The molecule has 6 nitrogen and oxygen atoms in total. The Hall–Kier alpha value is -4.13. The Morgan fingerprint density at radius 2 is 1.68 bits per heavy atom. The van der Waals surface area contributed by atoms with E-state index >= 15 is 0 Å². The quantitative estimate of drug-likeness (QED) is 0.308. The van der Waals surface area contributed by atoms with Crippen molar-refractivity contribution in [1.82, 2.24) is 0 Å². The van der Waals surface area contributed by atoms with E-state index in [1.165, 1.54) is 24.1 Å². The highest BCUT2D eigenvalue weighted by Gasteiger charge is 2.47. The lowest BCUT2D eigenvalue weighted by molar-refractivity contribution is -0.132. The third kappa shape index (κ3) is 4.24. The van der Waals surface area contributed by atoms with E-state index in [0.29, 0.717) is 17.0 Å². The van der Waals surface area contributed by atoms with Gasteiger partial charge in [0.15, 0.2) is 0 Å². The van der Waals surface area contributed by atoms with Crippen molar-refractivity contribution in [1.29, 1.82) is 0 Å². The van der Waals surface area contributed by atoms with E-state index in [1.807, 2.05) is 13.8 Å². The second-order valence-corrected chi connectivity index (χ2v) is 8.08. The molecule has 3 aromatic carbocycles. The lowest BCUT2D eigenvalue weighted by Crippen LogP contribution is -2.29. The fourth-order valence-corrected chi connectivity index (χ4v) is 4.01. The van der Waals surface area contributed by atoms with Crippen LogP contribution in [0.1, 0.15) is 31.0 Å². The Balaban J connectivity index is 1.92. The van der Waals surface area contributed by atoms with Crippen molar-refractivity contribution in [3.8, 4) is 11.5 Å². The zero-order chi connectivity index (χ0) is 24.4. The van der Waals surface area contributed by atoms with Crippen molar-refractivity contribution in [2.75, 3.05) is 12.0 Å². The summed E-state index contributed by atoms with van der Waals surface area (Å²) in [5.41, 5.74) is 0.895. The molecule has 1 atom stereocenters. The van der Waals surface area contributed by atoms with Crippen LogP contribution in [0, 0.1) is 5.82 Å². The van der Waals surface area contributed by atoms with Gasteiger partial charge < -0.3 is 14.6 Å². The summed E-state index contributed by atoms with van der Waals surface area (Å²) in [7, 11) is 1.37. The molecule has 0 spiro atoms. The van der Waals surface area contributed by atoms with Crippen LogP contribution in [-0.2, 0) is 9.59 Å². The molecule has 34 heavy (non-hydrogen) atoms. The third-order valence-electron chi connectivity index (χ3n) is 5.46. The molecule has 7 heteroatoms. The summed E-state index contributed by atoms with van der Waals surface area (Å²) in [6.07, 6.45) is -0.0266. The molecule has 4 rings (SSSR count). The third-order valence-corrected chi connectivity index (χ3v) is 5.46. The van der Waals surface area contributed by atoms with E-state index in [2.05, 4.69) is 0 Å². The molecular weight excluding hydrogens is 437 g/mol. The summed E-state index contributed by atoms with van der Waals surface area (Å²) in [6, 6.07) is 18.3. The summed E-state index contributed by atoms with van der Waals surface area (Å²) in [5.74, 6) is -2.01. The molecule has 1 heterocycles. The minimum atomic E-state index is -0.941. The van der Waals surface area contributed by atoms with Crippen LogP contribution < -0.4 is 14.4 Å². The number of aliphatic hydroxyl groups excluding tert-OH is 1. The van der Waals surface area contributed by atoms with Gasteiger partial charge in [0.1, 0.15) is 23.1 Å². The van der Waals surface area contributed by atoms with Crippen molar-refractivity contribution < 1.29 is 28.6 Å². The summed E-state index contributed by atoms with van der Waals surface area (Å²) in [4.78, 5) is 27.7. The molecule has 3 aromatic rings. The molecule has 1 amide bonds. The van der Waals surface area contributed by atoms with Gasteiger partial charge in [-0.3, -0.25) is 14.5 Å². The number of halogens is 1. The number of benzene rings is 3. The van der Waals surface area contributed by atoms with Crippen LogP contribution >= 0.6 is 0 Å². The van der Waals surface area contributed by atoms with Crippen LogP contribution in [0.15, 0.2) is 78.4 Å². The monoisotopic (exact) mass is 461 g/mol. The molecule has 174 valence electrons. The first-order valence-corrected chi connectivity index (χ1v) is 10.8. The predicted octanol–water partition coefficient (Wildman–Crippen LogP) is 5.25. The van der Waals surface area contributed by atoms with Gasteiger partial charge in [-0.25, -0.2) is 4.39 Å².